The zero-order valence-corrected chi connectivity index (χ0v) is 17.4. The lowest BCUT2D eigenvalue weighted by Crippen LogP contribution is -2.15. The van der Waals surface area contributed by atoms with Crippen molar-refractivity contribution >= 4 is 35.1 Å². The van der Waals surface area contributed by atoms with Crippen LogP contribution < -0.4 is 10.1 Å². The van der Waals surface area contributed by atoms with Crippen molar-refractivity contribution in [1.82, 2.24) is 9.78 Å². The molecular weight excluding hydrogens is 394 g/mol. The Hall–Kier alpha value is -2.44. The molecule has 0 spiro atoms. The number of rotatable bonds is 3. The number of benzene rings is 2. The molecule has 0 saturated heterocycles. The molecule has 1 N–H and O–H groups in total. The fourth-order valence-corrected chi connectivity index (χ4v) is 4.80. The van der Waals surface area contributed by atoms with Crippen molar-refractivity contribution in [2.24, 2.45) is 0 Å². The molecule has 3 aromatic rings. The third-order valence-corrected chi connectivity index (χ3v) is 6.49. The number of halogens is 1. The molecule has 1 amide bonds. The number of amides is 1. The normalized spacial score (nSPS) is 16.3. The molecule has 0 aliphatic carbocycles. The predicted octanol–water partition coefficient (Wildman–Crippen LogP) is 4.93. The maximum atomic E-state index is 12.5. The molecule has 1 aromatic heterocycles. The van der Waals surface area contributed by atoms with E-state index in [0.717, 1.165) is 33.8 Å². The van der Waals surface area contributed by atoms with Crippen LogP contribution in [0.2, 0.25) is 5.02 Å². The first-order valence-electron chi connectivity index (χ1n) is 8.90. The third-order valence-electron chi connectivity index (χ3n) is 4.83. The number of fused-ring (bicyclic) bond motifs is 1. The molecule has 0 unspecified atom stereocenters. The summed E-state index contributed by atoms with van der Waals surface area (Å²) in [7, 11) is 1.66. The van der Waals surface area contributed by atoms with Crippen LogP contribution in [-0.4, -0.2) is 28.6 Å². The summed E-state index contributed by atoms with van der Waals surface area (Å²) in [6.45, 7) is 3.92. The lowest BCUT2D eigenvalue weighted by molar-refractivity contribution is -0.113. The largest absolute Gasteiger partial charge is 0.496 e. The number of methoxy groups -OCH3 is 1. The number of anilines is 1. The zero-order valence-electron chi connectivity index (χ0n) is 15.8. The van der Waals surface area contributed by atoms with Gasteiger partial charge in [-0.25, -0.2) is 4.68 Å². The van der Waals surface area contributed by atoms with Gasteiger partial charge in [0.05, 0.1) is 29.5 Å². The SMILES string of the molecule is COc1ccccc1[C@H]1SCC(=O)Nc2c1c(C)nn2-c1ccc(C)c(Cl)c1. The Balaban J connectivity index is 1.91. The number of nitrogens with zero attached hydrogens (tertiary/aromatic N) is 2. The Bertz CT molecular complexity index is 1060. The van der Waals surface area contributed by atoms with E-state index in [4.69, 9.17) is 21.4 Å². The summed E-state index contributed by atoms with van der Waals surface area (Å²) in [6.07, 6.45) is 0. The molecule has 1 atom stereocenters. The number of carbonyl (C=O) groups is 1. The maximum absolute atomic E-state index is 12.5. The summed E-state index contributed by atoms with van der Waals surface area (Å²) in [4.78, 5) is 12.5. The van der Waals surface area contributed by atoms with Gasteiger partial charge in [0.1, 0.15) is 11.6 Å². The van der Waals surface area contributed by atoms with Gasteiger partial charge in [-0.15, -0.1) is 11.8 Å². The van der Waals surface area contributed by atoms with Gasteiger partial charge in [-0.05, 0) is 37.6 Å². The topological polar surface area (TPSA) is 56.1 Å². The lowest BCUT2D eigenvalue weighted by atomic mass is 10.0. The Labute approximate surface area is 173 Å². The number of para-hydroxylation sites is 1. The summed E-state index contributed by atoms with van der Waals surface area (Å²) in [5, 5.41) is 8.36. The fourth-order valence-electron chi connectivity index (χ4n) is 3.41. The molecule has 144 valence electrons. The van der Waals surface area contributed by atoms with Crippen LogP contribution in [0.15, 0.2) is 42.5 Å². The van der Waals surface area contributed by atoms with Gasteiger partial charge in [-0.1, -0.05) is 35.9 Å². The number of aromatic nitrogens is 2. The van der Waals surface area contributed by atoms with E-state index in [9.17, 15) is 4.79 Å². The van der Waals surface area contributed by atoms with Gasteiger partial charge in [0.2, 0.25) is 5.91 Å². The molecule has 1 aliphatic rings. The van der Waals surface area contributed by atoms with Gasteiger partial charge >= 0.3 is 0 Å². The van der Waals surface area contributed by atoms with E-state index in [-0.39, 0.29) is 11.2 Å². The highest BCUT2D eigenvalue weighted by molar-refractivity contribution is 8.00. The highest BCUT2D eigenvalue weighted by Gasteiger charge is 2.32. The zero-order chi connectivity index (χ0) is 19.8. The van der Waals surface area contributed by atoms with E-state index in [1.54, 1.807) is 23.6 Å². The molecule has 2 heterocycles. The Morgan fingerprint density at radius 2 is 2.04 bits per heavy atom. The minimum absolute atomic E-state index is 0.0528. The minimum atomic E-state index is -0.0697. The second-order valence-corrected chi connectivity index (χ2v) is 8.17. The van der Waals surface area contributed by atoms with Crippen LogP contribution >= 0.6 is 23.4 Å². The molecule has 28 heavy (non-hydrogen) atoms. The smallest absolute Gasteiger partial charge is 0.235 e. The van der Waals surface area contributed by atoms with Gasteiger partial charge < -0.3 is 10.1 Å². The van der Waals surface area contributed by atoms with Crippen molar-refractivity contribution in [1.29, 1.82) is 0 Å². The van der Waals surface area contributed by atoms with Gasteiger partial charge in [-0.2, -0.15) is 5.10 Å². The molecule has 5 nitrogen and oxygen atoms in total. The fraction of sp³-hybridized carbons (Fsp3) is 0.238. The molecule has 1 aliphatic heterocycles. The van der Waals surface area contributed by atoms with Gasteiger partial charge in [0.25, 0.3) is 0 Å². The van der Waals surface area contributed by atoms with E-state index < -0.39 is 0 Å². The Morgan fingerprint density at radius 1 is 1.25 bits per heavy atom. The van der Waals surface area contributed by atoms with Crippen molar-refractivity contribution in [3.8, 4) is 11.4 Å². The summed E-state index contributed by atoms with van der Waals surface area (Å²) in [5.41, 5.74) is 4.67. The molecule has 0 radical (unpaired) electrons. The summed E-state index contributed by atoms with van der Waals surface area (Å²) in [5.74, 6) is 1.78. The van der Waals surface area contributed by atoms with Crippen molar-refractivity contribution in [3.05, 3.63) is 69.9 Å². The number of ether oxygens (including phenoxy) is 1. The Kier molecular flexibility index (Phi) is 5.08. The summed E-state index contributed by atoms with van der Waals surface area (Å²) < 4.78 is 7.34. The minimum Gasteiger partial charge on any atom is -0.496 e. The predicted molar refractivity (Wildman–Crippen MR) is 114 cm³/mol. The number of hydrogen-bond acceptors (Lipinski definition) is 4. The molecular formula is C21H20ClN3O2S. The summed E-state index contributed by atoms with van der Waals surface area (Å²) >= 11 is 7.90. The average molecular weight is 414 g/mol. The molecule has 4 rings (SSSR count). The number of nitrogens with one attached hydrogen (secondary N) is 1. The first-order chi connectivity index (χ1) is 13.5. The highest BCUT2D eigenvalue weighted by Crippen LogP contribution is 2.46. The molecule has 7 heteroatoms. The van der Waals surface area contributed by atoms with E-state index in [2.05, 4.69) is 5.32 Å². The Morgan fingerprint density at radius 3 is 2.79 bits per heavy atom. The monoisotopic (exact) mass is 413 g/mol. The van der Waals surface area contributed by atoms with Crippen LogP contribution in [0.3, 0.4) is 0 Å². The molecule has 0 fully saturated rings. The lowest BCUT2D eigenvalue weighted by Gasteiger charge is -2.18. The number of thioether (sulfide) groups is 1. The van der Waals surface area contributed by atoms with E-state index in [1.165, 1.54) is 0 Å². The van der Waals surface area contributed by atoms with Crippen LogP contribution in [0.4, 0.5) is 5.82 Å². The standard InChI is InChI=1S/C21H20ClN3O2S/c1-12-8-9-14(10-16(12)22)25-21-19(13(2)24-25)20(28-11-18(26)23-21)15-6-4-5-7-17(15)27-3/h4-10,20H,11H2,1-3H3,(H,23,26)/t20-/m1/s1. The second kappa shape index (κ2) is 7.53. The van der Waals surface area contributed by atoms with Crippen molar-refractivity contribution < 1.29 is 9.53 Å². The first kappa shape index (κ1) is 18.9. The van der Waals surface area contributed by atoms with Gasteiger partial charge in [-0.3, -0.25) is 4.79 Å². The van der Waals surface area contributed by atoms with Crippen molar-refractivity contribution in [3.63, 3.8) is 0 Å². The third kappa shape index (κ3) is 3.27. The van der Waals surface area contributed by atoms with Crippen LogP contribution in [-0.2, 0) is 4.79 Å². The molecule has 0 bridgehead atoms. The van der Waals surface area contributed by atoms with E-state index >= 15 is 0 Å². The van der Waals surface area contributed by atoms with Crippen molar-refractivity contribution in [2.75, 3.05) is 18.2 Å². The first-order valence-corrected chi connectivity index (χ1v) is 10.3. The highest BCUT2D eigenvalue weighted by atomic mass is 35.5. The van der Waals surface area contributed by atoms with Crippen LogP contribution in [0, 0.1) is 13.8 Å². The number of hydrogen-bond donors (Lipinski definition) is 1. The van der Waals surface area contributed by atoms with Crippen LogP contribution in [0.5, 0.6) is 5.75 Å². The molecule has 0 saturated carbocycles. The van der Waals surface area contributed by atoms with Gasteiger partial charge in [0.15, 0.2) is 0 Å². The quantitative estimate of drug-likeness (QED) is 0.661. The maximum Gasteiger partial charge on any atom is 0.235 e. The van der Waals surface area contributed by atoms with Crippen molar-refractivity contribution in [2.45, 2.75) is 19.1 Å². The van der Waals surface area contributed by atoms with Gasteiger partial charge in [0, 0.05) is 16.1 Å². The van der Waals surface area contributed by atoms with E-state index in [0.29, 0.717) is 16.6 Å². The van der Waals surface area contributed by atoms with Crippen LogP contribution in [0.1, 0.15) is 27.6 Å². The van der Waals surface area contributed by atoms with E-state index in [1.807, 2.05) is 56.3 Å². The number of aryl methyl sites for hydroxylation is 2. The summed E-state index contributed by atoms with van der Waals surface area (Å²) in [6, 6.07) is 13.7. The second-order valence-electron chi connectivity index (χ2n) is 6.67. The van der Waals surface area contributed by atoms with Crippen LogP contribution in [0.25, 0.3) is 5.69 Å². The molecule has 2 aromatic carbocycles. The number of carbonyl (C=O) groups excluding carboxylic acids is 1. The average Bonchev–Trinajstić information content (AvgIpc) is 2.90.